The van der Waals surface area contributed by atoms with Crippen molar-refractivity contribution >= 4 is 5.91 Å². The molecule has 0 saturated heterocycles. The molecule has 6 nitrogen and oxygen atoms in total. The number of amides is 1. The van der Waals surface area contributed by atoms with E-state index in [1.807, 2.05) is 92.4 Å². The van der Waals surface area contributed by atoms with E-state index in [1.165, 1.54) is 0 Å². The van der Waals surface area contributed by atoms with Crippen molar-refractivity contribution in [2.45, 2.75) is 20.4 Å². The van der Waals surface area contributed by atoms with Crippen molar-refractivity contribution in [3.8, 4) is 16.9 Å². The van der Waals surface area contributed by atoms with Crippen molar-refractivity contribution in [1.82, 2.24) is 24.9 Å². The number of hydrogen-bond acceptors (Lipinski definition) is 3. The molecule has 0 unspecified atom stereocenters. The first-order chi connectivity index (χ1) is 14.0. The highest BCUT2D eigenvalue weighted by molar-refractivity contribution is 6.01. The van der Waals surface area contributed by atoms with Gasteiger partial charge in [0.2, 0.25) is 0 Å². The van der Waals surface area contributed by atoms with Gasteiger partial charge in [0.05, 0.1) is 22.6 Å². The molecule has 0 aliphatic rings. The van der Waals surface area contributed by atoms with Crippen LogP contribution in [-0.4, -0.2) is 25.5 Å². The van der Waals surface area contributed by atoms with Gasteiger partial charge >= 0.3 is 0 Å². The van der Waals surface area contributed by atoms with Crippen molar-refractivity contribution in [2.24, 2.45) is 7.05 Å². The van der Waals surface area contributed by atoms with Gasteiger partial charge in [-0.15, -0.1) is 0 Å². The molecule has 0 aliphatic heterocycles. The monoisotopic (exact) mass is 385 g/mol. The summed E-state index contributed by atoms with van der Waals surface area (Å²) in [5.41, 5.74) is 5.80. The number of benzene rings is 2. The summed E-state index contributed by atoms with van der Waals surface area (Å²) in [6.45, 7) is 4.29. The SMILES string of the molecule is Cc1nn(C)cc1CNC(=O)c1c(-c2ccccc2)nn(-c2ccccc2)c1C. The summed E-state index contributed by atoms with van der Waals surface area (Å²) in [5, 5.41) is 12.2. The number of aromatic nitrogens is 4. The first kappa shape index (κ1) is 18.7. The summed E-state index contributed by atoms with van der Waals surface area (Å²) in [7, 11) is 1.87. The molecule has 146 valence electrons. The van der Waals surface area contributed by atoms with Gasteiger partial charge in [-0.2, -0.15) is 10.2 Å². The summed E-state index contributed by atoms with van der Waals surface area (Å²) in [6, 6.07) is 19.6. The van der Waals surface area contributed by atoms with Gasteiger partial charge in [0.15, 0.2) is 0 Å². The number of nitrogens with one attached hydrogen (secondary N) is 1. The van der Waals surface area contributed by atoms with E-state index in [0.717, 1.165) is 28.2 Å². The number of nitrogens with zero attached hydrogens (tertiary/aromatic N) is 4. The number of para-hydroxylation sites is 1. The van der Waals surface area contributed by atoms with Crippen LogP contribution in [0.5, 0.6) is 0 Å². The minimum absolute atomic E-state index is 0.146. The van der Waals surface area contributed by atoms with Gasteiger partial charge in [-0.25, -0.2) is 4.68 Å². The topological polar surface area (TPSA) is 64.7 Å². The summed E-state index contributed by atoms with van der Waals surface area (Å²) in [5.74, 6) is -0.146. The second-order valence-electron chi connectivity index (χ2n) is 7.02. The molecule has 2 aromatic carbocycles. The second-order valence-corrected chi connectivity index (χ2v) is 7.02. The average molecular weight is 385 g/mol. The number of carbonyl (C=O) groups is 1. The normalized spacial score (nSPS) is 10.9. The lowest BCUT2D eigenvalue weighted by atomic mass is 10.1. The molecule has 1 amide bonds. The lowest BCUT2D eigenvalue weighted by molar-refractivity contribution is 0.0951. The van der Waals surface area contributed by atoms with Gasteiger partial charge in [-0.05, 0) is 26.0 Å². The highest BCUT2D eigenvalue weighted by atomic mass is 16.1. The van der Waals surface area contributed by atoms with Gasteiger partial charge in [0.1, 0.15) is 5.69 Å². The molecule has 4 rings (SSSR count). The smallest absolute Gasteiger partial charge is 0.255 e. The van der Waals surface area contributed by atoms with E-state index >= 15 is 0 Å². The van der Waals surface area contributed by atoms with Crippen LogP contribution < -0.4 is 5.32 Å². The van der Waals surface area contributed by atoms with E-state index in [2.05, 4.69) is 10.4 Å². The van der Waals surface area contributed by atoms with Crippen LogP contribution in [0.4, 0.5) is 0 Å². The van der Waals surface area contributed by atoms with E-state index in [9.17, 15) is 4.79 Å². The molecule has 1 N–H and O–H groups in total. The molecule has 0 spiro atoms. The van der Waals surface area contributed by atoms with E-state index in [4.69, 9.17) is 5.10 Å². The van der Waals surface area contributed by atoms with E-state index in [-0.39, 0.29) is 5.91 Å². The quantitative estimate of drug-likeness (QED) is 0.568. The fourth-order valence-corrected chi connectivity index (χ4v) is 3.48. The van der Waals surface area contributed by atoms with Gasteiger partial charge in [0.25, 0.3) is 5.91 Å². The number of carbonyl (C=O) groups excluding carboxylic acids is 1. The van der Waals surface area contributed by atoms with E-state index in [0.29, 0.717) is 17.8 Å². The Labute approximate surface area is 169 Å². The maximum Gasteiger partial charge on any atom is 0.255 e. The van der Waals surface area contributed by atoms with Crippen molar-refractivity contribution in [2.75, 3.05) is 0 Å². The standard InChI is InChI=1S/C23H23N5O/c1-16-19(15-27(3)25-16)14-24-23(29)21-17(2)28(20-12-8-5-9-13-20)26-22(21)18-10-6-4-7-11-18/h4-13,15H,14H2,1-3H3,(H,24,29). The third kappa shape index (κ3) is 3.69. The molecule has 2 heterocycles. The number of aryl methyl sites for hydroxylation is 2. The minimum atomic E-state index is -0.146. The van der Waals surface area contributed by atoms with Crippen molar-refractivity contribution in [3.05, 3.63) is 89.4 Å². The van der Waals surface area contributed by atoms with Crippen LogP contribution in [0.3, 0.4) is 0 Å². The Balaban J connectivity index is 1.73. The lowest BCUT2D eigenvalue weighted by Gasteiger charge is -2.07. The summed E-state index contributed by atoms with van der Waals surface area (Å²) >= 11 is 0. The molecular formula is C23H23N5O. The first-order valence-electron chi connectivity index (χ1n) is 9.52. The van der Waals surface area contributed by atoms with Gasteiger partial charge < -0.3 is 5.32 Å². The molecule has 0 aliphatic carbocycles. The van der Waals surface area contributed by atoms with Crippen molar-refractivity contribution in [3.63, 3.8) is 0 Å². The Bertz CT molecular complexity index is 1140. The van der Waals surface area contributed by atoms with Gasteiger partial charge in [-0.3, -0.25) is 9.48 Å². The van der Waals surface area contributed by atoms with Crippen molar-refractivity contribution < 1.29 is 4.79 Å². The van der Waals surface area contributed by atoms with Crippen LogP contribution in [0.15, 0.2) is 66.9 Å². The Kier molecular flexibility index (Phi) is 4.99. The predicted molar refractivity (Wildman–Crippen MR) is 113 cm³/mol. The lowest BCUT2D eigenvalue weighted by Crippen LogP contribution is -2.24. The average Bonchev–Trinajstić information content (AvgIpc) is 3.25. The van der Waals surface area contributed by atoms with E-state index in [1.54, 1.807) is 4.68 Å². The molecule has 6 heteroatoms. The van der Waals surface area contributed by atoms with E-state index < -0.39 is 0 Å². The first-order valence-corrected chi connectivity index (χ1v) is 9.52. The van der Waals surface area contributed by atoms with Crippen LogP contribution in [0.1, 0.15) is 27.3 Å². The van der Waals surface area contributed by atoms with Crippen molar-refractivity contribution in [1.29, 1.82) is 0 Å². The number of rotatable bonds is 5. The summed E-state index contributed by atoms with van der Waals surface area (Å²) < 4.78 is 3.58. The van der Waals surface area contributed by atoms with Gasteiger partial charge in [0, 0.05) is 30.9 Å². The Morgan fingerprint density at radius 2 is 1.62 bits per heavy atom. The molecule has 2 aromatic heterocycles. The zero-order valence-electron chi connectivity index (χ0n) is 16.8. The second kappa shape index (κ2) is 7.75. The number of hydrogen-bond donors (Lipinski definition) is 1. The molecule has 4 aromatic rings. The van der Waals surface area contributed by atoms with Crippen LogP contribution in [0.25, 0.3) is 16.9 Å². The Morgan fingerprint density at radius 3 is 2.24 bits per heavy atom. The summed E-state index contributed by atoms with van der Waals surface area (Å²) in [6.07, 6.45) is 1.92. The zero-order chi connectivity index (χ0) is 20.4. The predicted octanol–water partition coefficient (Wildman–Crippen LogP) is 3.82. The van der Waals surface area contributed by atoms with Crippen LogP contribution in [-0.2, 0) is 13.6 Å². The maximum absolute atomic E-state index is 13.2. The molecule has 0 saturated carbocycles. The highest BCUT2D eigenvalue weighted by Crippen LogP contribution is 2.27. The van der Waals surface area contributed by atoms with Crippen LogP contribution >= 0.6 is 0 Å². The molecule has 0 atom stereocenters. The Hall–Kier alpha value is -3.67. The van der Waals surface area contributed by atoms with Crippen LogP contribution in [0, 0.1) is 13.8 Å². The highest BCUT2D eigenvalue weighted by Gasteiger charge is 2.23. The molecule has 0 radical (unpaired) electrons. The fraction of sp³-hybridized carbons (Fsp3) is 0.174. The van der Waals surface area contributed by atoms with Crippen LogP contribution in [0.2, 0.25) is 0 Å². The minimum Gasteiger partial charge on any atom is -0.348 e. The third-order valence-electron chi connectivity index (χ3n) is 4.95. The zero-order valence-corrected chi connectivity index (χ0v) is 16.8. The van der Waals surface area contributed by atoms with Gasteiger partial charge in [-0.1, -0.05) is 48.5 Å². The third-order valence-corrected chi connectivity index (χ3v) is 4.95. The molecule has 29 heavy (non-hydrogen) atoms. The largest absolute Gasteiger partial charge is 0.348 e. The Morgan fingerprint density at radius 1 is 0.966 bits per heavy atom. The fourth-order valence-electron chi connectivity index (χ4n) is 3.48. The maximum atomic E-state index is 13.2. The molecule has 0 bridgehead atoms. The molecule has 0 fully saturated rings. The summed E-state index contributed by atoms with van der Waals surface area (Å²) in [4.78, 5) is 13.2. The molecular weight excluding hydrogens is 362 g/mol.